The summed E-state index contributed by atoms with van der Waals surface area (Å²) < 4.78 is 15.9. The fraction of sp³-hybridized carbons (Fsp3) is 0.160. The SMILES string of the molecule is COc1cc(/C=N\NC(=O)c2ccc(NC(=O)c3ccccc3C)cc2)cc(OC)c1OC. The van der Waals surface area contributed by atoms with Crippen LogP contribution in [0.5, 0.6) is 17.2 Å². The first-order valence-corrected chi connectivity index (χ1v) is 10.1. The Labute approximate surface area is 192 Å². The molecule has 0 radical (unpaired) electrons. The molecule has 3 aromatic carbocycles. The molecule has 0 bridgehead atoms. The summed E-state index contributed by atoms with van der Waals surface area (Å²) in [4.78, 5) is 24.8. The van der Waals surface area contributed by atoms with Gasteiger partial charge in [0.2, 0.25) is 5.75 Å². The Balaban J connectivity index is 1.64. The van der Waals surface area contributed by atoms with Gasteiger partial charge in [-0.2, -0.15) is 5.10 Å². The molecule has 3 rings (SSSR count). The maximum Gasteiger partial charge on any atom is 0.271 e. The van der Waals surface area contributed by atoms with E-state index in [4.69, 9.17) is 14.2 Å². The molecule has 0 saturated carbocycles. The number of ether oxygens (including phenoxy) is 3. The van der Waals surface area contributed by atoms with Gasteiger partial charge in [0.15, 0.2) is 11.5 Å². The van der Waals surface area contributed by atoms with Crippen molar-refractivity contribution in [2.75, 3.05) is 26.6 Å². The lowest BCUT2D eigenvalue weighted by Crippen LogP contribution is -2.18. The van der Waals surface area contributed by atoms with Crippen LogP contribution in [-0.4, -0.2) is 39.4 Å². The van der Waals surface area contributed by atoms with Crippen LogP contribution in [0.15, 0.2) is 65.8 Å². The van der Waals surface area contributed by atoms with Crippen molar-refractivity contribution >= 4 is 23.7 Å². The van der Waals surface area contributed by atoms with Crippen molar-refractivity contribution in [1.29, 1.82) is 0 Å². The molecular weight excluding hydrogens is 422 g/mol. The lowest BCUT2D eigenvalue weighted by atomic mass is 10.1. The molecule has 3 aromatic rings. The molecule has 33 heavy (non-hydrogen) atoms. The zero-order valence-electron chi connectivity index (χ0n) is 18.8. The molecule has 0 heterocycles. The van der Waals surface area contributed by atoms with Crippen molar-refractivity contribution in [1.82, 2.24) is 5.43 Å². The minimum Gasteiger partial charge on any atom is -0.493 e. The number of aryl methyl sites for hydroxylation is 1. The van der Waals surface area contributed by atoms with E-state index in [0.717, 1.165) is 5.56 Å². The van der Waals surface area contributed by atoms with Crippen molar-refractivity contribution in [3.05, 3.63) is 82.9 Å². The number of rotatable bonds is 8. The van der Waals surface area contributed by atoms with Gasteiger partial charge < -0.3 is 19.5 Å². The maximum atomic E-state index is 12.4. The first-order chi connectivity index (χ1) is 16.0. The van der Waals surface area contributed by atoms with Crippen molar-refractivity contribution in [2.45, 2.75) is 6.92 Å². The second-order valence-electron chi connectivity index (χ2n) is 7.00. The van der Waals surface area contributed by atoms with Crippen LogP contribution in [0.3, 0.4) is 0 Å². The largest absolute Gasteiger partial charge is 0.493 e. The lowest BCUT2D eigenvalue weighted by Gasteiger charge is -2.12. The van der Waals surface area contributed by atoms with Crippen LogP contribution in [0.4, 0.5) is 5.69 Å². The number of benzene rings is 3. The summed E-state index contributed by atoms with van der Waals surface area (Å²) >= 11 is 0. The first-order valence-electron chi connectivity index (χ1n) is 10.1. The van der Waals surface area contributed by atoms with Gasteiger partial charge in [-0.3, -0.25) is 9.59 Å². The molecule has 0 atom stereocenters. The third-order valence-electron chi connectivity index (χ3n) is 4.86. The Bertz CT molecular complexity index is 1150. The average Bonchev–Trinajstić information content (AvgIpc) is 2.83. The van der Waals surface area contributed by atoms with E-state index in [1.807, 2.05) is 25.1 Å². The van der Waals surface area contributed by atoms with E-state index in [9.17, 15) is 9.59 Å². The fourth-order valence-electron chi connectivity index (χ4n) is 3.14. The molecule has 0 aliphatic rings. The van der Waals surface area contributed by atoms with Crippen molar-refractivity contribution in [2.24, 2.45) is 5.10 Å². The van der Waals surface area contributed by atoms with E-state index in [2.05, 4.69) is 15.8 Å². The summed E-state index contributed by atoms with van der Waals surface area (Å²) in [5.74, 6) is 0.826. The van der Waals surface area contributed by atoms with Gasteiger partial charge in [-0.15, -0.1) is 0 Å². The lowest BCUT2D eigenvalue weighted by molar-refractivity contribution is 0.0954. The monoisotopic (exact) mass is 447 g/mol. The highest BCUT2D eigenvalue weighted by molar-refractivity contribution is 6.05. The number of carbonyl (C=O) groups is 2. The molecule has 8 heteroatoms. The number of methoxy groups -OCH3 is 3. The smallest absolute Gasteiger partial charge is 0.271 e. The number of anilines is 1. The van der Waals surface area contributed by atoms with Gasteiger partial charge in [0.05, 0.1) is 27.5 Å². The number of hydrazone groups is 1. The van der Waals surface area contributed by atoms with Crippen molar-refractivity contribution in [3.63, 3.8) is 0 Å². The van der Waals surface area contributed by atoms with Crippen LogP contribution in [-0.2, 0) is 0 Å². The van der Waals surface area contributed by atoms with E-state index in [0.29, 0.717) is 39.6 Å². The summed E-state index contributed by atoms with van der Waals surface area (Å²) in [7, 11) is 4.56. The van der Waals surface area contributed by atoms with E-state index >= 15 is 0 Å². The number of hydrogen-bond acceptors (Lipinski definition) is 6. The Morgan fingerprint density at radius 1 is 0.848 bits per heavy atom. The molecule has 0 aromatic heterocycles. The number of hydrogen-bond donors (Lipinski definition) is 2. The molecule has 0 aliphatic carbocycles. The number of amides is 2. The standard InChI is InChI=1S/C25H25N3O5/c1-16-7-5-6-8-20(16)25(30)27-19-11-9-18(10-12-19)24(29)28-26-15-17-13-21(31-2)23(33-4)22(14-17)32-3/h5-15H,1-4H3,(H,27,30)(H,28,29)/b26-15-. The quantitative estimate of drug-likeness (QED) is 0.401. The minimum absolute atomic E-state index is 0.208. The van der Waals surface area contributed by atoms with Gasteiger partial charge in [-0.1, -0.05) is 18.2 Å². The van der Waals surface area contributed by atoms with E-state index in [-0.39, 0.29) is 5.91 Å². The molecule has 8 nitrogen and oxygen atoms in total. The minimum atomic E-state index is -0.393. The van der Waals surface area contributed by atoms with Gasteiger partial charge in [0.1, 0.15) is 0 Å². The van der Waals surface area contributed by atoms with Gasteiger partial charge in [0, 0.05) is 22.4 Å². The summed E-state index contributed by atoms with van der Waals surface area (Å²) in [6, 6.07) is 17.3. The highest BCUT2D eigenvalue weighted by Crippen LogP contribution is 2.37. The molecule has 0 unspecified atom stereocenters. The van der Waals surface area contributed by atoms with Crippen molar-refractivity contribution in [3.8, 4) is 17.2 Å². The Morgan fingerprint density at radius 2 is 1.48 bits per heavy atom. The number of carbonyl (C=O) groups excluding carboxylic acids is 2. The van der Waals surface area contributed by atoms with Crippen LogP contribution in [0.1, 0.15) is 31.8 Å². The van der Waals surface area contributed by atoms with Crippen LogP contribution < -0.4 is 25.0 Å². The van der Waals surface area contributed by atoms with E-state index in [1.165, 1.54) is 27.5 Å². The highest BCUT2D eigenvalue weighted by atomic mass is 16.5. The molecule has 2 N–H and O–H groups in total. The fourth-order valence-corrected chi connectivity index (χ4v) is 3.14. The van der Waals surface area contributed by atoms with Crippen LogP contribution in [0.2, 0.25) is 0 Å². The number of nitrogens with zero attached hydrogens (tertiary/aromatic N) is 1. The zero-order chi connectivity index (χ0) is 23.8. The zero-order valence-corrected chi connectivity index (χ0v) is 18.8. The molecule has 0 aliphatic heterocycles. The summed E-state index contributed by atoms with van der Waals surface area (Å²) in [5, 5.41) is 6.82. The summed E-state index contributed by atoms with van der Waals surface area (Å²) in [6.07, 6.45) is 1.47. The molecular formula is C25H25N3O5. The highest BCUT2D eigenvalue weighted by Gasteiger charge is 2.13. The molecule has 170 valence electrons. The van der Waals surface area contributed by atoms with Gasteiger partial charge in [-0.25, -0.2) is 5.43 Å². The first kappa shape index (κ1) is 23.3. The van der Waals surface area contributed by atoms with E-state index < -0.39 is 5.91 Å². The maximum absolute atomic E-state index is 12.4. The Kier molecular flexibility index (Phi) is 7.64. The normalized spacial score (nSPS) is 10.5. The molecule has 0 fully saturated rings. The predicted octanol–water partition coefficient (Wildman–Crippen LogP) is 4.04. The molecule has 0 spiro atoms. The van der Waals surface area contributed by atoms with Crippen molar-refractivity contribution < 1.29 is 23.8 Å². The van der Waals surface area contributed by atoms with Crippen LogP contribution in [0.25, 0.3) is 0 Å². The summed E-state index contributed by atoms with van der Waals surface area (Å²) in [5.41, 5.74) is 5.59. The average molecular weight is 447 g/mol. The molecule has 0 saturated heterocycles. The second kappa shape index (κ2) is 10.8. The summed E-state index contributed by atoms with van der Waals surface area (Å²) in [6.45, 7) is 1.88. The van der Waals surface area contributed by atoms with Gasteiger partial charge >= 0.3 is 0 Å². The van der Waals surface area contributed by atoms with E-state index in [1.54, 1.807) is 42.5 Å². The van der Waals surface area contributed by atoms with Crippen LogP contribution in [0, 0.1) is 6.92 Å². The topological polar surface area (TPSA) is 98.2 Å². The second-order valence-corrected chi connectivity index (χ2v) is 7.00. The van der Waals surface area contributed by atoms with Gasteiger partial charge in [0.25, 0.3) is 11.8 Å². The third-order valence-corrected chi connectivity index (χ3v) is 4.86. The Morgan fingerprint density at radius 3 is 2.06 bits per heavy atom. The Hall–Kier alpha value is -4.33. The van der Waals surface area contributed by atoms with Crippen LogP contribution >= 0.6 is 0 Å². The van der Waals surface area contributed by atoms with Gasteiger partial charge in [-0.05, 0) is 55.0 Å². The predicted molar refractivity (Wildman–Crippen MR) is 127 cm³/mol. The molecule has 2 amide bonds. The third kappa shape index (κ3) is 5.68. The number of nitrogens with one attached hydrogen (secondary N) is 2.